The topological polar surface area (TPSA) is 37.4 Å². The molecule has 1 atom stereocenters. The fourth-order valence-electron chi connectivity index (χ4n) is 2.42. The van der Waals surface area contributed by atoms with Crippen LogP contribution in [0.1, 0.15) is 12.5 Å². The minimum atomic E-state index is -2.94. The molecule has 0 spiro atoms. The normalized spacial score (nSPS) is 13.8. The Morgan fingerprint density at radius 1 is 1.10 bits per heavy atom. The zero-order valence-corrected chi connectivity index (χ0v) is 13.0. The fraction of sp³-hybridized carbons (Fsp3) is 0.375. The second kappa shape index (κ2) is 5.94. The van der Waals surface area contributed by atoms with Crippen molar-refractivity contribution in [3.8, 4) is 0 Å². The average Bonchev–Trinajstić information content (AvgIpc) is 2.37. The van der Waals surface area contributed by atoms with Crippen LogP contribution in [0.3, 0.4) is 0 Å². The molecule has 0 heterocycles. The van der Waals surface area contributed by atoms with Gasteiger partial charge in [0.2, 0.25) is 0 Å². The Labute approximate surface area is 121 Å². The molecule has 0 aliphatic heterocycles. The van der Waals surface area contributed by atoms with Gasteiger partial charge in [0.05, 0.1) is 5.75 Å². The number of benzene rings is 2. The quantitative estimate of drug-likeness (QED) is 0.850. The molecule has 0 saturated carbocycles. The molecule has 0 aromatic heterocycles. The van der Waals surface area contributed by atoms with Gasteiger partial charge in [-0.25, -0.2) is 8.42 Å². The lowest BCUT2D eigenvalue weighted by Crippen LogP contribution is -2.34. The fourth-order valence-corrected chi connectivity index (χ4v) is 3.55. The van der Waals surface area contributed by atoms with Gasteiger partial charge in [0.15, 0.2) is 0 Å². The molecule has 2 aromatic rings. The van der Waals surface area contributed by atoms with E-state index < -0.39 is 9.84 Å². The minimum Gasteiger partial charge on any atom is -0.298 e. The summed E-state index contributed by atoms with van der Waals surface area (Å²) in [6, 6.07) is 14.5. The summed E-state index contributed by atoms with van der Waals surface area (Å²) in [5, 5.41) is 2.45. The van der Waals surface area contributed by atoms with Gasteiger partial charge >= 0.3 is 0 Å². The Balaban J connectivity index is 2.20. The van der Waals surface area contributed by atoms with Gasteiger partial charge in [0, 0.05) is 18.8 Å². The van der Waals surface area contributed by atoms with Gasteiger partial charge in [-0.05, 0) is 30.3 Å². The van der Waals surface area contributed by atoms with Gasteiger partial charge in [-0.3, -0.25) is 4.90 Å². The highest BCUT2D eigenvalue weighted by Crippen LogP contribution is 2.20. The standard InChI is InChI=1S/C16H21NO2S/c1-13(12-20(3,18)19)17(2)11-15-9-6-8-14-7-4-5-10-16(14)15/h4-10,13H,11-12H2,1-3H3. The van der Waals surface area contributed by atoms with Crippen molar-refractivity contribution in [3.63, 3.8) is 0 Å². The summed E-state index contributed by atoms with van der Waals surface area (Å²) in [6.45, 7) is 2.70. The zero-order chi connectivity index (χ0) is 14.8. The first-order valence-corrected chi connectivity index (χ1v) is 8.77. The van der Waals surface area contributed by atoms with Crippen molar-refractivity contribution in [2.75, 3.05) is 19.1 Å². The van der Waals surface area contributed by atoms with Gasteiger partial charge in [-0.2, -0.15) is 0 Å². The summed E-state index contributed by atoms with van der Waals surface area (Å²) >= 11 is 0. The Hall–Kier alpha value is -1.39. The van der Waals surface area contributed by atoms with Crippen molar-refractivity contribution in [2.45, 2.75) is 19.5 Å². The van der Waals surface area contributed by atoms with Crippen LogP contribution in [0.2, 0.25) is 0 Å². The van der Waals surface area contributed by atoms with Crippen molar-refractivity contribution < 1.29 is 8.42 Å². The number of fused-ring (bicyclic) bond motifs is 1. The van der Waals surface area contributed by atoms with Crippen LogP contribution in [-0.2, 0) is 16.4 Å². The van der Waals surface area contributed by atoms with Crippen molar-refractivity contribution in [1.82, 2.24) is 4.90 Å². The summed E-state index contributed by atoms with van der Waals surface area (Å²) in [5.74, 6) is 0.189. The molecular formula is C16H21NO2S. The molecule has 0 aliphatic rings. The summed E-state index contributed by atoms with van der Waals surface area (Å²) in [5.41, 5.74) is 1.23. The van der Waals surface area contributed by atoms with E-state index in [0.717, 1.165) is 6.54 Å². The van der Waals surface area contributed by atoms with E-state index >= 15 is 0 Å². The van der Waals surface area contributed by atoms with E-state index in [1.807, 2.05) is 32.2 Å². The average molecular weight is 291 g/mol. The third-order valence-electron chi connectivity index (χ3n) is 3.60. The first-order valence-electron chi connectivity index (χ1n) is 6.71. The lowest BCUT2D eigenvalue weighted by atomic mass is 10.0. The molecule has 0 aliphatic carbocycles. The van der Waals surface area contributed by atoms with Crippen molar-refractivity contribution in [1.29, 1.82) is 0 Å². The predicted octanol–water partition coefficient (Wildman–Crippen LogP) is 2.70. The van der Waals surface area contributed by atoms with E-state index in [-0.39, 0.29) is 11.8 Å². The Kier molecular flexibility index (Phi) is 4.45. The molecule has 0 saturated heterocycles. The van der Waals surface area contributed by atoms with Crippen LogP contribution in [0.15, 0.2) is 42.5 Å². The Morgan fingerprint density at radius 3 is 2.45 bits per heavy atom. The SMILES string of the molecule is CC(CS(C)(=O)=O)N(C)Cc1cccc2ccccc12. The van der Waals surface area contributed by atoms with E-state index in [1.54, 1.807) is 0 Å². The minimum absolute atomic E-state index is 0.00367. The molecule has 3 nitrogen and oxygen atoms in total. The molecule has 4 heteroatoms. The van der Waals surface area contributed by atoms with Crippen LogP contribution in [0.4, 0.5) is 0 Å². The number of nitrogens with zero attached hydrogens (tertiary/aromatic N) is 1. The highest BCUT2D eigenvalue weighted by molar-refractivity contribution is 7.90. The Morgan fingerprint density at radius 2 is 1.75 bits per heavy atom. The van der Waals surface area contributed by atoms with Gasteiger partial charge < -0.3 is 0 Å². The molecule has 20 heavy (non-hydrogen) atoms. The van der Waals surface area contributed by atoms with Crippen LogP contribution in [0.5, 0.6) is 0 Å². The second-order valence-corrected chi connectivity index (χ2v) is 7.68. The van der Waals surface area contributed by atoms with Gasteiger partial charge in [-0.15, -0.1) is 0 Å². The maximum absolute atomic E-state index is 11.4. The summed E-state index contributed by atoms with van der Waals surface area (Å²) in [6.07, 6.45) is 1.29. The lowest BCUT2D eigenvalue weighted by molar-refractivity contribution is 0.268. The van der Waals surface area contributed by atoms with Crippen molar-refractivity contribution >= 4 is 20.6 Å². The summed E-state index contributed by atoms with van der Waals surface area (Å²) in [7, 11) is -0.975. The Bertz CT molecular complexity index is 689. The van der Waals surface area contributed by atoms with Crippen molar-refractivity contribution in [3.05, 3.63) is 48.0 Å². The maximum Gasteiger partial charge on any atom is 0.148 e. The van der Waals surface area contributed by atoms with E-state index in [9.17, 15) is 8.42 Å². The monoisotopic (exact) mass is 291 g/mol. The van der Waals surface area contributed by atoms with E-state index in [1.165, 1.54) is 22.6 Å². The molecule has 2 aromatic carbocycles. The molecule has 1 unspecified atom stereocenters. The number of hydrogen-bond donors (Lipinski definition) is 0. The lowest BCUT2D eigenvalue weighted by Gasteiger charge is -2.24. The largest absolute Gasteiger partial charge is 0.298 e. The highest BCUT2D eigenvalue weighted by atomic mass is 32.2. The summed E-state index contributed by atoms with van der Waals surface area (Å²) < 4.78 is 22.8. The summed E-state index contributed by atoms with van der Waals surface area (Å²) in [4.78, 5) is 2.09. The molecule has 0 radical (unpaired) electrons. The smallest absolute Gasteiger partial charge is 0.148 e. The maximum atomic E-state index is 11.4. The highest BCUT2D eigenvalue weighted by Gasteiger charge is 2.16. The third kappa shape index (κ3) is 3.81. The molecular weight excluding hydrogens is 270 g/mol. The molecule has 0 bridgehead atoms. The first kappa shape index (κ1) is 15.0. The second-order valence-electron chi connectivity index (χ2n) is 5.49. The number of sulfone groups is 1. The van der Waals surface area contributed by atoms with Crippen LogP contribution in [0.25, 0.3) is 10.8 Å². The van der Waals surface area contributed by atoms with Crippen LogP contribution in [-0.4, -0.2) is 38.4 Å². The molecule has 108 valence electrons. The van der Waals surface area contributed by atoms with E-state index in [4.69, 9.17) is 0 Å². The van der Waals surface area contributed by atoms with Gasteiger partial charge in [0.25, 0.3) is 0 Å². The molecule has 0 fully saturated rings. The van der Waals surface area contributed by atoms with E-state index in [2.05, 4.69) is 29.2 Å². The van der Waals surface area contributed by atoms with Crippen LogP contribution < -0.4 is 0 Å². The number of hydrogen-bond acceptors (Lipinski definition) is 3. The molecule has 2 rings (SSSR count). The van der Waals surface area contributed by atoms with Crippen molar-refractivity contribution in [2.24, 2.45) is 0 Å². The molecule has 0 N–H and O–H groups in total. The van der Waals surface area contributed by atoms with Gasteiger partial charge in [-0.1, -0.05) is 42.5 Å². The van der Waals surface area contributed by atoms with Crippen LogP contribution in [0, 0.1) is 0 Å². The predicted molar refractivity (Wildman–Crippen MR) is 84.6 cm³/mol. The van der Waals surface area contributed by atoms with Gasteiger partial charge in [0.1, 0.15) is 9.84 Å². The number of rotatable bonds is 5. The van der Waals surface area contributed by atoms with Crippen LogP contribution >= 0.6 is 0 Å². The zero-order valence-electron chi connectivity index (χ0n) is 12.2. The molecule has 0 amide bonds. The van der Waals surface area contributed by atoms with E-state index in [0.29, 0.717) is 0 Å². The first-order chi connectivity index (χ1) is 9.37. The third-order valence-corrected chi connectivity index (χ3v) is 4.68.